The van der Waals surface area contributed by atoms with Gasteiger partial charge in [-0.2, -0.15) is 5.10 Å². The van der Waals surface area contributed by atoms with E-state index in [4.69, 9.17) is 20.9 Å². The maximum atomic E-state index is 12.2. The summed E-state index contributed by atoms with van der Waals surface area (Å²) < 4.78 is 11.0. The first kappa shape index (κ1) is 19.6. The zero-order valence-corrected chi connectivity index (χ0v) is 17.1. The van der Waals surface area contributed by atoms with Gasteiger partial charge in [0.2, 0.25) is 5.88 Å². The summed E-state index contributed by atoms with van der Waals surface area (Å²) in [6, 6.07) is 6.04. The molecule has 0 atom stereocenters. The maximum absolute atomic E-state index is 12.2. The smallest absolute Gasteiger partial charge is 0.324 e. The largest absolute Gasteiger partial charge is 0.437 e. The summed E-state index contributed by atoms with van der Waals surface area (Å²) in [5.41, 5.74) is 0.812. The van der Waals surface area contributed by atoms with Gasteiger partial charge in [0.15, 0.2) is 11.5 Å². The summed E-state index contributed by atoms with van der Waals surface area (Å²) in [6.07, 6.45) is 2.92. The van der Waals surface area contributed by atoms with Gasteiger partial charge in [-0.1, -0.05) is 37.5 Å². The molecule has 2 amide bonds. The number of aromatic amines is 1. The molecule has 10 nitrogen and oxygen atoms in total. The van der Waals surface area contributed by atoms with Crippen LogP contribution in [0.15, 0.2) is 41.3 Å². The van der Waals surface area contributed by atoms with E-state index in [0.717, 1.165) is 0 Å². The van der Waals surface area contributed by atoms with Crippen LogP contribution < -0.4 is 15.4 Å². The van der Waals surface area contributed by atoms with Gasteiger partial charge < -0.3 is 14.6 Å². The Labute approximate surface area is 176 Å². The van der Waals surface area contributed by atoms with Crippen LogP contribution >= 0.6 is 11.6 Å². The van der Waals surface area contributed by atoms with Gasteiger partial charge in [0.25, 0.3) is 0 Å². The number of ether oxygens (including phenoxy) is 1. The van der Waals surface area contributed by atoms with Gasteiger partial charge >= 0.3 is 6.03 Å². The van der Waals surface area contributed by atoms with Crippen molar-refractivity contribution in [2.75, 3.05) is 10.6 Å². The fourth-order valence-corrected chi connectivity index (χ4v) is 2.78. The summed E-state index contributed by atoms with van der Waals surface area (Å²) >= 11 is 6.31. The van der Waals surface area contributed by atoms with Crippen molar-refractivity contribution in [2.45, 2.75) is 26.2 Å². The molecule has 0 saturated carbocycles. The van der Waals surface area contributed by atoms with Gasteiger partial charge in [-0.25, -0.2) is 14.8 Å². The zero-order chi connectivity index (χ0) is 21.3. The maximum Gasteiger partial charge on any atom is 0.324 e. The lowest BCUT2D eigenvalue weighted by molar-refractivity contribution is 0.262. The molecular formula is C19H18ClN7O3. The van der Waals surface area contributed by atoms with Crippen LogP contribution in [0.5, 0.6) is 11.6 Å². The number of benzene rings is 1. The van der Waals surface area contributed by atoms with Crippen LogP contribution in [-0.4, -0.2) is 31.4 Å². The Morgan fingerprint density at radius 1 is 1.20 bits per heavy atom. The van der Waals surface area contributed by atoms with Crippen molar-refractivity contribution in [3.8, 4) is 11.6 Å². The molecule has 0 aliphatic carbocycles. The fraction of sp³-hybridized carbons (Fsp3) is 0.211. The van der Waals surface area contributed by atoms with Crippen molar-refractivity contribution < 1.29 is 14.1 Å². The lowest BCUT2D eigenvalue weighted by Crippen LogP contribution is -2.19. The minimum atomic E-state index is -0.482. The van der Waals surface area contributed by atoms with E-state index in [1.54, 1.807) is 30.5 Å². The molecule has 11 heteroatoms. The molecule has 4 aromatic rings. The predicted octanol–water partition coefficient (Wildman–Crippen LogP) is 4.73. The minimum Gasteiger partial charge on any atom is -0.437 e. The number of carbonyl (C=O) groups excluding carboxylic acids is 1. The zero-order valence-electron chi connectivity index (χ0n) is 16.4. The molecule has 0 saturated heterocycles. The van der Waals surface area contributed by atoms with Crippen LogP contribution in [0.4, 0.5) is 16.3 Å². The highest BCUT2D eigenvalue weighted by Gasteiger charge is 2.20. The van der Waals surface area contributed by atoms with E-state index >= 15 is 0 Å². The lowest BCUT2D eigenvalue weighted by Gasteiger charge is -2.12. The summed E-state index contributed by atoms with van der Waals surface area (Å²) in [7, 11) is 0. The highest BCUT2D eigenvalue weighted by Crippen LogP contribution is 2.33. The quantitative estimate of drug-likeness (QED) is 0.429. The number of halogens is 1. The summed E-state index contributed by atoms with van der Waals surface area (Å²) in [4.78, 5) is 20.4. The van der Waals surface area contributed by atoms with E-state index in [1.165, 1.54) is 6.33 Å². The SMILES string of the molecule is CC(C)(C)c1cc(NC(=O)Nc2ccc(Oc3ncnc4[nH]ncc34)c(Cl)c2)no1. The number of hydrogen-bond donors (Lipinski definition) is 3. The summed E-state index contributed by atoms with van der Waals surface area (Å²) in [5.74, 6) is 1.67. The van der Waals surface area contributed by atoms with E-state index in [2.05, 4.69) is 36.0 Å². The van der Waals surface area contributed by atoms with Crippen LogP contribution in [0.2, 0.25) is 5.02 Å². The number of urea groups is 1. The molecule has 4 rings (SSSR count). The Balaban J connectivity index is 1.43. The number of nitrogens with one attached hydrogen (secondary N) is 3. The average molecular weight is 428 g/mol. The van der Waals surface area contributed by atoms with Gasteiger partial charge in [-0.3, -0.25) is 10.4 Å². The first-order chi connectivity index (χ1) is 14.3. The molecule has 0 aliphatic heterocycles. The number of amides is 2. The molecule has 0 aliphatic rings. The molecule has 0 unspecified atom stereocenters. The number of fused-ring (bicyclic) bond motifs is 1. The van der Waals surface area contributed by atoms with Crippen molar-refractivity contribution in [1.29, 1.82) is 0 Å². The first-order valence-corrected chi connectivity index (χ1v) is 9.34. The third kappa shape index (κ3) is 4.18. The topological polar surface area (TPSA) is 131 Å². The normalized spacial score (nSPS) is 11.5. The van der Waals surface area contributed by atoms with E-state index in [-0.39, 0.29) is 5.41 Å². The Kier molecular flexibility index (Phi) is 5.00. The van der Waals surface area contributed by atoms with Crippen LogP contribution in [0.25, 0.3) is 11.0 Å². The van der Waals surface area contributed by atoms with E-state index in [9.17, 15) is 4.79 Å². The number of hydrogen-bond acceptors (Lipinski definition) is 7. The van der Waals surface area contributed by atoms with Crippen LogP contribution in [0, 0.1) is 0 Å². The van der Waals surface area contributed by atoms with E-state index < -0.39 is 6.03 Å². The second kappa shape index (κ2) is 7.64. The predicted molar refractivity (Wildman–Crippen MR) is 111 cm³/mol. The monoisotopic (exact) mass is 427 g/mol. The second-order valence-corrected chi connectivity index (χ2v) is 7.87. The van der Waals surface area contributed by atoms with Crippen LogP contribution in [0.1, 0.15) is 26.5 Å². The standard InChI is InChI=1S/C19H18ClN7O3/c1-19(2,3)14-7-15(27-30-14)25-18(28)24-10-4-5-13(12(20)6-10)29-17-11-8-23-26-16(11)21-9-22-17/h4-9H,1-3H3,(H,21,22,23,26)(H2,24,25,27,28). The fourth-order valence-electron chi connectivity index (χ4n) is 2.56. The molecule has 0 spiro atoms. The molecular weight excluding hydrogens is 410 g/mol. The van der Waals surface area contributed by atoms with E-state index in [0.29, 0.717) is 45.0 Å². The van der Waals surface area contributed by atoms with Gasteiger partial charge in [-0.05, 0) is 18.2 Å². The Hall–Kier alpha value is -3.66. The van der Waals surface area contributed by atoms with Crippen molar-refractivity contribution in [3.63, 3.8) is 0 Å². The van der Waals surface area contributed by atoms with Gasteiger partial charge in [-0.15, -0.1) is 0 Å². The van der Waals surface area contributed by atoms with Crippen molar-refractivity contribution in [2.24, 2.45) is 0 Å². The number of H-pyrrole nitrogens is 1. The minimum absolute atomic E-state index is 0.210. The Bertz CT molecular complexity index is 1210. The molecule has 154 valence electrons. The Morgan fingerprint density at radius 3 is 2.77 bits per heavy atom. The first-order valence-electron chi connectivity index (χ1n) is 8.96. The molecule has 0 radical (unpaired) electrons. The number of nitrogens with zero attached hydrogens (tertiary/aromatic N) is 4. The highest BCUT2D eigenvalue weighted by molar-refractivity contribution is 6.32. The lowest BCUT2D eigenvalue weighted by atomic mass is 9.93. The second-order valence-electron chi connectivity index (χ2n) is 7.46. The third-order valence-electron chi connectivity index (χ3n) is 4.10. The molecule has 3 heterocycles. The third-order valence-corrected chi connectivity index (χ3v) is 4.39. The van der Waals surface area contributed by atoms with Crippen molar-refractivity contribution in [3.05, 3.63) is 47.6 Å². The van der Waals surface area contributed by atoms with Crippen LogP contribution in [-0.2, 0) is 5.41 Å². The summed E-state index contributed by atoms with van der Waals surface area (Å²) in [6.45, 7) is 5.96. The molecule has 1 aromatic carbocycles. The van der Waals surface area contributed by atoms with Gasteiger partial charge in [0, 0.05) is 17.2 Å². The number of carbonyl (C=O) groups is 1. The number of rotatable bonds is 4. The number of anilines is 2. The molecule has 0 bridgehead atoms. The van der Waals surface area contributed by atoms with Crippen molar-refractivity contribution in [1.82, 2.24) is 25.3 Å². The molecule has 3 aromatic heterocycles. The summed E-state index contributed by atoms with van der Waals surface area (Å²) in [5, 5.41) is 16.7. The highest BCUT2D eigenvalue weighted by atomic mass is 35.5. The molecule has 3 N–H and O–H groups in total. The molecule has 30 heavy (non-hydrogen) atoms. The molecule has 0 fully saturated rings. The number of aromatic nitrogens is 5. The van der Waals surface area contributed by atoms with E-state index in [1.807, 2.05) is 20.8 Å². The van der Waals surface area contributed by atoms with Crippen LogP contribution in [0.3, 0.4) is 0 Å². The van der Waals surface area contributed by atoms with Crippen molar-refractivity contribution >= 4 is 40.2 Å². The average Bonchev–Trinajstić information content (AvgIpc) is 3.33. The van der Waals surface area contributed by atoms with Gasteiger partial charge in [0.05, 0.1) is 11.2 Å². The van der Waals surface area contributed by atoms with Gasteiger partial charge in [0.1, 0.15) is 23.2 Å². The Morgan fingerprint density at radius 2 is 2.03 bits per heavy atom.